The van der Waals surface area contributed by atoms with E-state index >= 15 is 0 Å². The van der Waals surface area contributed by atoms with Gasteiger partial charge in [0.05, 0.1) is 31.0 Å². The highest BCUT2D eigenvalue weighted by molar-refractivity contribution is 7.10. The Balaban J connectivity index is 1.76. The highest BCUT2D eigenvalue weighted by Gasteiger charge is 2.17. The SMILES string of the molecule is O=C(Cc1cccs1)Nc1cc(F)ccc1N1CCOCC1. The lowest BCUT2D eigenvalue weighted by molar-refractivity contribution is -0.115. The highest BCUT2D eigenvalue weighted by atomic mass is 32.1. The number of amides is 1. The first-order valence-electron chi connectivity index (χ1n) is 7.17. The third kappa shape index (κ3) is 3.64. The van der Waals surface area contributed by atoms with Crippen LogP contribution in [0.5, 0.6) is 0 Å². The maximum absolute atomic E-state index is 13.5. The van der Waals surface area contributed by atoms with E-state index in [2.05, 4.69) is 10.2 Å². The smallest absolute Gasteiger partial charge is 0.229 e. The number of nitrogens with one attached hydrogen (secondary N) is 1. The summed E-state index contributed by atoms with van der Waals surface area (Å²) in [7, 11) is 0. The zero-order valence-electron chi connectivity index (χ0n) is 12.0. The lowest BCUT2D eigenvalue weighted by atomic mass is 10.2. The summed E-state index contributed by atoms with van der Waals surface area (Å²) < 4.78 is 18.9. The van der Waals surface area contributed by atoms with Crippen molar-refractivity contribution in [3.05, 3.63) is 46.4 Å². The number of morpholine rings is 1. The van der Waals surface area contributed by atoms with E-state index in [1.807, 2.05) is 17.5 Å². The minimum absolute atomic E-state index is 0.137. The Morgan fingerprint density at radius 2 is 2.14 bits per heavy atom. The van der Waals surface area contributed by atoms with Crippen molar-refractivity contribution in [1.82, 2.24) is 0 Å². The molecule has 0 unspecified atom stereocenters. The van der Waals surface area contributed by atoms with Crippen LogP contribution < -0.4 is 10.2 Å². The van der Waals surface area contributed by atoms with Crippen molar-refractivity contribution in [2.75, 3.05) is 36.5 Å². The van der Waals surface area contributed by atoms with E-state index in [1.54, 1.807) is 6.07 Å². The van der Waals surface area contributed by atoms with Crippen LogP contribution in [0.3, 0.4) is 0 Å². The molecule has 22 heavy (non-hydrogen) atoms. The molecule has 1 amide bonds. The van der Waals surface area contributed by atoms with Gasteiger partial charge in [-0.1, -0.05) is 6.07 Å². The van der Waals surface area contributed by atoms with Crippen molar-refractivity contribution < 1.29 is 13.9 Å². The van der Waals surface area contributed by atoms with Crippen LogP contribution in [0.25, 0.3) is 0 Å². The standard InChI is InChI=1S/C16H17FN2O2S/c17-12-3-4-15(19-5-7-21-8-6-19)14(10-12)18-16(20)11-13-2-1-9-22-13/h1-4,9-10H,5-8,11H2,(H,18,20). The van der Waals surface area contributed by atoms with Gasteiger partial charge in [0, 0.05) is 18.0 Å². The molecule has 1 fully saturated rings. The Kier molecular flexibility index (Phi) is 4.70. The number of anilines is 2. The molecule has 3 rings (SSSR count). The molecule has 2 aromatic rings. The van der Waals surface area contributed by atoms with Gasteiger partial charge in [0.2, 0.25) is 5.91 Å². The summed E-state index contributed by atoms with van der Waals surface area (Å²) in [4.78, 5) is 15.2. The van der Waals surface area contributed by atoms with E-state index in [9.17, 15) is 9.18 Å². The fourth-order valence-corrected chi connectivity index (χ4v) is 3.16. The van der Waals surface area contributed by atoms with Gasteiger partial charge in [0.1, 0.15) is 5.82 Å². The van der Waals surface area contributed by atoms with Crippen molar-refractivity contribution in [3.8, 4) is 0 Å². The van der Waals surface area contributed by atoms with Gasteiger partial charge >= 0.3 is 0 Å². The van der Waals surface area contributed by atoms with Crippen LogP contribution in [-0.2, 0) is 16.0 Å². The fraction of sp³-hybridized carbons (Fsp3) is 0.312. The van der Waals surface area contributed by atoms with E-state index in [1.165, 1.54) is 23.5 Å². The molecule has 1 aromatic carbocycles. The summed E-state index contributed by atoms with van der Waals surface area (Å²) in [6, 6.07) is 8.32. The van der Waals surface area contributed by atoms with Crippen molar-refractivity contribution >= 4 is 28.6 Å². The molecular formula is C16H17FN2O2S. The molecule has 0 bridgehead atoms. The molecule has 6 heteroatoms. The summed E-state index contributed by atoms with van der Waals surface area (Å²) in [5, 5.41) is 4.77. The molecule has 1 aliphatic rings. The van der Waals surface area contributed by atoms with Crippen LogP contribution in [0, 0.1) is 5.82 Å². The third-order valence-electron chi connectivity index (χ3n) is 3.50. The number of benzene rings is 1. The molecule has 4 nitrogen and oxygen atoms in total. The highest BCUT2D eigenvalue weighted by Crippen LogP contribution is 2.28. The van der Waals surface area contributed by atoms with Crippen molar-refractivity contribution in [2.24, 2.45) is 0 Å². The number of thiophene rings is 1. The number of hydrogen-bond donors (Lipinski definition) is 1. The normalized spacial score (nSPS) is 14.9. The first-order chi connectivity index (χ1) is 10.7. The van der Waals surface area contributed by atoms with Gasteiger partial charge in [0.15, 0.2) is 0 Å². The topological polar surface area (TPSA) is 41.6 Å². The molecule has 2 heterocycles. The lowest BCUT2D eigenvalue weighted by Gasteiger charge is -2.30. The summed E-state index contributed by atoms with van der Waals surface area (Å²) in [5.74, 6) is -0.494. The molecule has 0 aliphatic carbocycles. The van der Waals surface area contributed by atoms with E-state index in [0.29, 0.717) is 25.3 Å². The fourth-order valence-electron chi connectivity index (χ4n) is 2.45. The molecule has 116 valence electrons. The second kappa shape index (κ2) is 6.89. The summed E-state index contributed by atoms with van der Waals surface area (Å²) >= 11 is 1.54. The first-order valence-corrected chi connectivity index (χ1v) is 8.05. The van der Waals surface area contributed by atoms with E-state index in [0.717, 1.165) is 23.7 Å². The van der Waals surface area contributed by atoms with Crippen LogP contribution in [0.1, 0.15) is 4.88 Å². The number of ether oxygens (including phenoxy) is 1. The number of hydrogen-bond acceptors (Lipinski definition) is 4. The molecule has 1 saturated heterocycles. The Hall–Kier alpha value is -1.92. The quantitative estimate of drug-likeness (QED) is 0.942. The minimum Gasteiger partial charge on any atom is -0.378 e. The average molecular weight is 320 g/mol. The van der Waals surface area contributed by atoms with Crippen molar-refractivity contribution in [1.29, 1.82) is 0 Å². The van der Waals surface area contributed by atoms with E-state index in [4.69, 9.17) is 4.74 Å². The van der Waals surface area contributed by atoms with Gasteiger partial charge in [-0.15, -0.1) is 11.3 Å². The molecule has 1 aromatic heterocycles. The van der Waals surface area contributed by atoms with Crippen molar-refractivity contribution in [2.45, 2.75) is 6.42 Å². The lowest BCUT2D eigenvalue weighted by Crippen LogP contribution is -2.36. The van der Waals surface area contributed by atoms with Crippen molar-refractivity contribution in [3.63, 3.8) is 0 Å². The molecule has 1 N–H and O–H groups in total. The Morgan fingerprint density at radius 3 is 2.86 bits per heavy atom. The molecule has 1 aliphatic heterocycles. The van der Waals surface area contributed by atoms with Gasteiger partial charge in [0.25, 0.3) is 0 Å². The van der Waals surface area contributed by atoms with Gasteiger partial charge < -0.3 is 15.0 Å². The molecule has 0 radical (unpaired) electrons. The summed E-state index contributed by atoms with van der Waals surface area (Å²) in [5.41, 5.74) is 1.35. The predicted molar refractivity (Wildman–Crippen MR) is 86.1 cm³/mol. The second-order valence-electron chi connectivity index (χ2n) is 5.07. The molecular weight excluding hydrogens is 303 g/mol. The minimum atomic E-state index is -0.358. The number of carbonyl (C=O) groups is 1. The zero-order valence-corrected chi connectivity index (χ0v) is 12.9. The largest absolute Gasteiger partial charge is 0.378 e. The molecule has 0 spiro atoms. The Morgan fingerprint density at radius 1 is 1.32 bits per heavy atom. The number of carbonyl (C=O) groups excluding carboxylic acids is 1. The van der Waals surface area contributed by atoms with E-state index in [-0.39, 0.29) is 11.7 Å². The van der Waals surface area contributed by atoms with Crippen LogP contribution in [0.2, 0.25) is 0 Å². The maximum atomic E-state index is 13.5. The number of halogens is 1. The van der Waals surface area contributed by atoms with Crippen LogP contribution in [0.15, 0.2) is 35.7 Å². The Labute approximate surface area is 132 Å². The van der Waals surface area contributed by atoms with Gasteiger partial charge in [-0.2, -0.15) is 0 Å². The Bertz CT molecular complexity index is 640. The zero-order chi connectivity index (χ0) is 15.4. The van der Waals surface area contributed by atoms with Crippen LogP contribution in [0.4, 0.5) is 15.8 Å². The number of rotatable bonds is 4. The monoisotopic (exact) mass is 320 g/mol. The maximum Gasteiger partial charge on any atom is 0.229 e. The van der Waals surface area contributed by atoms with Gasteiger partial charge in [-0.3, -0.25) is 4.79 Å². The van der Waals surface area contributed by atoms with Gasteiger partial charge in [-0.05, 0) is 29.6 Å². The number of nitrogens with zero attached hydrogens (tertiary/aromatic N) is 1. The van der Waals surface area contributed by atoms with Crippen LogP contribution in [-0.4, -0.2) is 32.2 Å². The summed E-state index contributed by atoms with van der Waals surface area (Å²) in [6.45, 7) is 2.75. The van der Waals surface area contributed by atoms with Crippen LogP contribution >= 0.6 is 11.3 Å². The molecule has 0 atom stereocenters. The second-order valence-corrected chi connectivity index (χ2v) is 6.10. The predicted octanol–water partition coefficient (Wildman–Crippen LogP) is 2.91. The van der Waals surface area contributed by atoms with E-state index < -0.39 is 0 Å². The third-order valence-corrected chi connectivity index (χ3v) is 4.38. The molecule has 0 saturated carbocycles. The summed E-state index contributed by atoms with van der Waals surface area (Å²) in [6.07, 6.45) is 0.302. The van der Waals surface area contributed by atoms with Gasteiger partial charge in [-0.25, -0.2) is 4.39 Å². The first kappa shape index (κ1) is 15.0. The average Bonchev–Trinajstić information content (AvgIpc) is 3.01.